The molecule has 0 bridgehead atoms. The van der Waals surface area contributed by atoms with Crippen LogP contribution in [0.3, 0.4) is 0 Å². The van der Waals surface area contributed by atoms with Crippen LogP contribution in [0.2, 0.25) is 0 Å². The van der Waals surface area contributed by atoms with Gasteiger partial charge < -0.3 is 16.4 Å². The van der Waals surface area contributed by atoms with Gasteiger partial charge in [-0.1, -0.05) is 47.1 Å². The Kier molecular flexibility index (Phi) is 5.71. The van der Waals surface area contributed by atoms with Crippen LogP contribution in [-0.4, -0.2) is 30.4 Å². The number of urea groups is 1. The lowest BCUT2D eigenvalue weighted by Crippen LogP contribution is -2.67. The quantitative estimate of drug-likeness (QED) is 0.417. The number of ketones is 1. The van der Waals surface area contributed by atoms with Crippen LogP contribution in [0.1, 0.15) is 106 Å². The number of fused-ring (bicyclic) bond motifs is 7. The molecule has 4 fully saturated rings. The van der Waals surface area contributed by atoms with Gasteiger partial charge >= 0.3 is 6.03 Å². The zero-order chi connectivity index (χ0) is 26.5. The fourth-order valence-electron chi connectivity index (χ4n) is 10.7. The van der Waals surface area contributed by atoms with Gasteiger partial charge in [-0.3, -0.25) is 4.79 Å². The SMILES string of the molecule is CNC(=O)N[C@@]1(C)CC[C@]2(C)CC[C@]3(C)C(=CC(=O)[C@@H]4[C@@]5(C)CC[C@H](N)C(C)(C)[C@@H]5CC[C@]43C)[C@@H]2C1. The summed E-state index contributed by atoms with van der Waals surface area (Å²) >= 11 is 0. The van der Waals surface area contributed by atoms with E-state index < -0.39 is 0 Å². The molecule has 0 aromatic rings. The van der Waals surface area contributed by atoms with Gasteiger partial charge in [-0.2, -0.15) is 0 Å². The van der Waals surface area contributed by atoms with Crippen LogP contribution in [-0.2, 0) is 4.79 Å². The second-order valence-electron chi connectivity index (χ2n) is 15.4. The zero-order valence-electron chi connectivity index (χ0n) is 24.1. The maximum atomic E-state index is 14.4. The molecule has 0 unspecified atom stereocenters. The van der Waals surface area contributed by atoms with E-state index in [1.165, 1.54) is 12.0 Å². The molecule has 202 valence electrons. The summed E-state index contributed by atoms with van der Waals surface area (Å²) in [7, 11) is 1.68. The Morgan fingerprint density at radius 2 is 1.61 bits per heavy atom. The third-order valence-electron chi connectivity index (χ3n) is 13.3. The van der Waals surface area contributed by atoms with E-state index in [-0.39, 0.29) is 50.6 Å². The molecule has 5 nitrogen and oxygen atoms in total. The normalized spacial score (nSPS) is 51.6. The van der Waals surface area contributed by atoms with Crippen molar-refractivity contribution in [1.29, 1.82) is 0 Å². The number of nitrogens with two attached hydrogens (primary N) is 1. The van der Waals surface area contributed by atoms with Crippen molar-refractivity contribution in [2.24, 2.45) is 50.6 Å². The number of hydrogen-bond donors (Lipinski definition) is 3. The van der Waals surface area contributed by atoms with Gasteiger partial charge in [-0.15, -0.1) is 0 Å². The van der Waals surface area contributed by atoms with Gasteiger partial charge in [0.25, 0.3) is 0 Å². The Balaban J connectivity index is 1.58. The van der Waals surface area contributed by atoms with Crippen LogP contribution < -0.4 is 16.4 Å². The lowest BCUT2D eigenvalue weighted by atomic mass is 9.33. The van der Waals surface area contributed by atoms with E-state index in [1.807, 2.05) is 0 Å². The third-order valence-corrected chi connectivity index (χ3v) is 13.3. The monoisotopic (exact) mass is 497 g/mol. The minimum absolute atomic E-state index is 0.00288. The standard InChI is InChI=1S/C31H51N3O2/c1-26(2)22-9-12-31(7)24(29(22,5)11-10-23(26)32)21(35)17-19-20-18-28(4,34-25(36)33-8)15-13-27(20,3)14-16-30(19,31)6/h17,20,22-24H,9-16,18,32H2,1-8H3,(H2,33,34,36)/t20-,22-,23-,24+,27+,28-,29-,30+,31+/m0/s1. The molecule has 0 aliphatic heterocycles. The molecule has 9 atom stereocenters. The van der Waals surface area contributed by atoms with E-state index in [1.54, 1.807) is 7.05 Å². The smallest absolute Gasteiger partial charge is 0.314 e. The van der Waals surface area contributed by atoms with Gasteiger partial charge in [-0.25, -0.2) is 4.79 Å². The summed E-state index contributed by atoms with van der Waals surface area (Å²) in [4.78, 5) is 26.7. The van der Waals surface area contributed by atoms with Gasteiger partial charge in [-0.05, 0) is 110 Å². The van der Waals surface area contributed by atoms with E-state index in [2.05, 4.69) is 65.2 Å². The average molecular weight is 498 g/mol. The Morgan fingerprint density at radius 3 is 2.28 bits per heavy atom. The summed E-state index contributed by atoms with van der Waals surface area (Å²) in [6, 6.07) is 0.105. The molecule has 5 aliphatic carbocycles. The third kappa shape index (κ3) is 3.29. The first-order valence-electron chi connectivity index (χ1n) is 14.6. The molecule has 2 amide bonds. The van der Waals surface area contributed by atoms with Crippen LogP contribution in [0.15, 0.2) is 11.6 Å². The van der Waals surface area contributed by atoms with Crippen molar-refractivity contribution in [2.45, 2.75) is 118 Å². The van der Waals surface area contributed by atoms with Crippen molar-refractivity contribution in [1.82, 2.24) is 10.6 Å². The van der Waals surface area contributed by atoms with Gasteiger partial charge in [0, 0.05) is 24.5 Å². The van der Waals surface area contributed by atoms with Crippen molar-refractivity contribution < 1.29 is 9.59 Å². The summed E-state index contributed by atoms with van der Waals surface area (Å²) in [5, 5.41) is 6.01. The molecular formula is C31H51N3O2. The summed E-state index contributed by atoms with van der Waals surface area (Å²) in [6.07, 6.45) is 11.8. The highest BCUT2D eigenvalue weighted by atomic mass is 16.2. The number of rotatable bonds is 1. The minimum atomic E-state index is -0.253. The van der Waals surface area contributed by atoms with Crippen LogP contribution >= 0.6 is 0 Å². The van der Waals surface area contributed by atoms with Crippen molar-refractivity contribution in [3.8, 4) is 0 Å². The highest BCUT2D eigenvalue weighted by molar-refractivity contribution is 5.95. The second-order valence-corrected chi connectivity index (χ2v) is 15.4. The molecule has 0 radical (unpaired) electrons. The van der Waals surface area contributed by atoms with Gasteiger partial charge in [0.1, 0.15) is 0 Å². The fraction of sp³-hybridized carbons (Fsp3) is 0.871. The Morgan fingerprint density at radius 1 is 0.944 bits per heavy atom. The maximum absolute atomic E-state index is 14.4. The van der Waals surface area contributed by atoms with Gasteiger partial charge in [0.2, 0.25) is 0 Å². The highest BCUT2D eigenvalue weighted by Crippen LogP contribution is 2.74. The first kappa shape index (κ1) is 26.3. The van der Waals surface area contributed by atoms with Crippen LogP contribution in [0.4, 0.5) is 4.79 Å². The maximum Gasteiger partial charge on any atom is 0.314 e. The molecule has 0 aromatic heterocycles. The Bertz CT molecular complexity index is 1000. The van der Waals surface area contributed by atoms with Crippen molar-refractivity contribution in [2.75, 3.05) is 7.05 Å². The molecule has 4 saturated carbocycles. The predicted octanol–water partition coefficient (Wildman–Crippen LogP) is 5.98. The van der Waals surface area contributed by atoms with E-state index >= 15 is 0 Å². The lowest BCUT2D eigenvalue weighted by Gasteiger charge is -2.70. The highest BCUT2D eigenvalue weighted by Gasteiger charge is 2.69. The first-order chi connectivity index (χ1) is 16.6. The largest absolute Gasteiger partial charge is 0.341 e. The van der Waals surface area contributed by atoms with E-state index in [9.17, 15) is 9.59 Å². The molecule has 5 rings (SSSR count). The Hall–Kier alpha value is -1.36. The summed E-state index contributed by atoms with van der Waals surface area (Å²) in [6.45, 7) is 16.8. The van der Waals surface area contributed by atoms with E-state index in [0.717, 1.165) is 51.4 Å². The number of carbonyl (C=O) groups is 2. The number of amides is 2. The molecular weight excluding hydrogens is 446 g/mol. The van der Waals surface area contributed by atoms with Crippen LogP contribution in [0.5, 0.6) is 0 Å². The lowest BCUT2D eigenvalue weighted by molar-refractivity contribution is -0.186. The molecule has 0 aromatic carbocycles. The second kappa shape index (κ2) is 7.83. The van der Waals surface area contributed by atoms with Crippen molar-refractivity contribution in [3.63, 3.8) is 0 Å². The average Bonchev–Trinajstić information content (AvgIpc) is 2.79. The number of nitrogens with one attached hydrogen (secondary N) is 2. The van der Waals surface area contributed by atoms with Crippen molar-refractivity contribution in [3.05, 3.63) is 11.6 Å². The molecule has 5 aliphatic rings. The van der Waals surface area contributed by atoms with Gasteiger partial charge in [0.15, 0.2) is 5.78 Å². The topological polar surface area (TPSA) is 84.2 Å². The fourth-order valence-corrected chi connectivity index (χ4v) is 10.7. The first-order valence-corrected chi connectivity index (χ1v) is 14.6. The predicted molar refractivity (Wildman–Crippen MR) is 145 cm³/mol. The van der Waals surface area contributed by atoms with Crippen molar-refractivity contribution >= 4 is 11.8 Å². The zero-order valence-corrected chi connectivity index (χ0v) is 24.1. The Labute approximate surface area is 219 Å². The molecule has 0 saturated heterocycles. The summed E-state index contributed by atoms with van der Waals surface area (Å²) < 4.78 is 0. The van der Waals surface area contributed by atoms with E-state index in [0.29, 0.717) is 17.6 Å². The van der Waals surface area contributed by atoms with Crippen LogP contribution in [0, 0.1) is 44.8 Å². The molecule has 0 spiro atoms. The molecule has 4 N–H and O–H groups in total. The number of hydrogen-bond acceptors (Lipinski definition) is 3. The van der Waals surface area contributed by atoms with Crippen LogP contribution in [0.25, 0.3) is 0 Å². The minimum Gasteiger partial charge on any atom is -0.341 e. The molecule has 0 heterocycles. The molecule has 36 heavy (non-hydrogen) atoms. The van der Waals surface area contributed by atoms with Gasteiger partial charge in [0.05, 0.1) is 0 Å². The molecule has 5 heteroatoms. The summed E-state index contributed by atoms with van der Waals surface area (Å²) in [5.41, 5.74) is 8.04. The van der Waals surface area contributed by atoms with E-state index in [4.69, 9.17) is 5.73 Å². The number of allylic oxidation sites excluding steroid dienone is 2. The summed E-state index contributed by atoms with van der Waals surface area (Å²) in [5.74, 6) is 1.25. The number of carbonyl (C=O) groups excluding carboxylic acids is 2.